The van der Waals surface area contributed by atoms with Gasteiger partial charge < -0.3 is 5.32 Å². The van der Waals surface area contributed by atoms with E-state index in [4.69, 9.17) is 11.6 Å². The van der Waals surface area contributed by atoms with Gasteiger partial charge in [0.25, 0.3) is 0 Å². The molecular weight excluding hydrogens is 300 g/mol. The van der Waals surface area contributed by atoms with Gasteiger partial charge in [-0.05, 0) is 30.7 Å². The molecule has 0 fully saturated rings. The molecule has 2 aromatic rings. The molecule has 0 aliphatic carbocycles. The maximum atomic E-state index is 11.3. The van der Waals surface area contributed by atoms with Crippen molar-refractivity contribution in [2.75, 3.05) is 16.3 Å². The highest BCUT2D eigenvalue weighted by Gasteiger charge is 2.09. The zero-order valence-electron chi connectivity index (χ0n) is 10.9. The van der Waals surface area contributed by atoms with Gasteiger partial charge in [0.05, 0.1) is 17.6 Å². The fourth-order valence-electron chi connectivity index (χ4n) is 1.56. The van der Waals surface area contributed by atoms with Gasteiger partial charge in [0.2, 0.25) is 15.3 Å². The maximum Gasteiger partial charge on any atom is 0.229 e. The predicted octanol–water partition coefficient (Wildman–Crippen LogP) is 2.55. The second-order valence-electron chi connectivity index (χ2n) is 4.22. The number of sulfonamides is 1. The number of halogens is 1. The number of aromatic nitrogens is 2. The Morgan fingerprint density at radius 2 is 1.85 bits per heavy atom. The summed E-state index contributed by atoms with van der Waals surface area (Å²) in [6, 6.07) is 6.91. The first-order valence-corrected chi connectivity index (χ1v) is 7.95. The van der Waals surface area contributed by atoms with Crippen LogP contribution in [-0.2, 0) is 10.0 Å². The number of benzene rings is 1. The fourth-order valence-corrected chi connectivity index (χ4v) is 2.27. The Balaban J connectivity index is 2.36. The van der Waals surface area contributed by atoms with Crippen molar-refractivity contribution in [1.29, 1.82) is 0 Å². The van der Waals surface area contributed by atoms with E-state index in [1.165, 1.54) is 0 Å². The molecule has 20 heavy (non-hydrogen) atoms. The van der Waals surface area contributed by atoms with Crippen LogP contribution in [0.4, 0.5) is 17.2 Å². The maximum absolute atomic E-state index is 11.3. The van der Waals surface area contributed by atoms with Gasteiger partial charge in [-0.15, -0.1) is 0 Å². The minimum absolute atomic E-state index is 0.117. The molecule has 2 rings (SSSR count). The average molecular weight is 313 g/mol. The first kappa shape index (κ1) is 14.5. The van der Waals surface area contributed by atoms with Gasteiger partial charge in [-0.25, -0.2) is 18.4 Å². The highest BCUT2D eigenvalue weighted by atomic mass is 35.5. The Morgan fingerprint density at radius 1 is 1.20 bits per heavy atom. The Morgan fingerprint density at radius 3 is 2.50 bits per heavy atom. The highest BCUT2D eigenvalue weighted by molar-refractivity contribution is 7.92. The number of hydrogen-bond donors (Lipinski definition) is 2. The van der Waals surface area contributed by atoms with Gasteiger partial charge in [0, 0.05) is 11.8 Å². The molecule has 0 atom stereocenters. The van der Waals surface area contributed by atoms with Crippen molar-refractivity contribution >= 4 is 38.8 Å². The van der Waals surface area contributed by atoms with E-state index < -0.39 is 10.0 Å². The van der Waals surface area contributed by atoms with Crippen LogP contribution in [0.25, 0.3) is 0 Å². The fraction of sp³-hybridized carbons (Fsp3) is 0.167. The lowest BCUT2D eigenvalue weighted by Crippen LogP contribution is -2.11. The molecule has 0 spiro atoms. The number of para-hydroxylation sites is 2. The van der Waals surface area contributed by atoms with E-state index >= 15 is 0 Å². The van der Waals surface area contributed by atoms with Crippen LogP contribution in [0.5, 0.6) is 0 Å². The summed E-state index contributed by atoms with van der Waals surface area (Å²) in [6.07, 6.45) is 2.68. The van der Waals surface area contributed by atoms with Gasteiger partial charge in [-0.1, -0.05) is 12.1 Å². The third-order valence-electron chi connectivity index (χ3n) is 2.42. The van der Waals surface area contributed by atoms with Crippen molar-refractivity contribution < 1.29 is 8.42 Å². The van der Waals surface area contributed by atoms with Gasteiger partial charge in [-0.2, -0.15) is 0 Å². The standard InChI is InChI=1S/C12H13ClN4O2S/c1-8-7-14-12(13)16-11(8)15-9-5-3-4-6-10(9)17-20(2,18)19/h3-7,17H,1-2H3,(H,14,15,16). The minimum atomic E-state index is -3.36. The lowest BCUT2D eigenvalue weighted by atomic mass is 10.2. The second kappa shape index (κ2) is 5.64. The van der Waals surface area contributed by atoms with Crippen molar-refractivity contribution in [3.8, 4) is 0 Å². The van der Waals surface area contributed by atoms with Crippen molar-refractivity contribution in [3.63, 3.8) is 0 Å². The van der Waals surface area contributed by atoms with E-state index in [1.807, 2.05) is 6.92 Å². The van der Waals surface area contributed by atoms with Crippen LogP contribution in [0.1, 0.15) is 5.56 Å². The minimum Gasteiger partial charge on any atom is -0.338 e. The van der Waals surface area contributed by atoms with Crippen LogP contribution in [0, 0.1) is 6.92 Å². The normalized spacial score (nSPS) is 11.2. The molecule has 0 saturated heterocycles. The molecule has 0 aliphatic rings. The van der Waals surface area contributed by atoms with E-state index in [2.05, 4.69) is 20.0 Å². The molecule has 0 bridgehead atoms. The zero-order valence-corrected chi connectivity index (χ0v) is 12.5. The summed E-state index contributed by atoms with van der Waals surface area (Å²) in [6.45, 7) is 1.82. The summed E-state index contributed by atoms with van der Waals surface area (Å²) in [4.78, 5) is 7.94. The smallest absolute Gasteiger partial charge is 0.229 e. The zero-order chi connectivity index (χ0) is 14.8. The number of rotatable bonds is 4. The molecule has 0 saturated carbocycles. The number of anilines is 3. The quantitative estimate of drug-likeness (QED) is 0.848. The Labute approximate surface area is 122 Å². The van der Waals surface area contributed by atoms with Gasteiger partial charge in [-0.3, -0.25) is 4.72 Å². The SMILES string of the molecule is Cc1cnc(Cl)nc1Nc1ccccc1NS(C)(=O)=O. The molecule has 1 aromatic carbocycles. The first-order valence-electron chi connectivity index (χ1n) is 5.68. The van der Waals surface area contributed by atoms with Gasteiger partial charge >= 0.3 is 0 Å². The largest absolute Gasteiger partial charge is 0.338 e. The molecule has 0 amide bonds. The molecule has 1 aromatic heterocycles. The predicted molar refractivity (Wildman–Crippen MR) is 80.0 cm³/mol. The Bertz CT molecular complexity index is 734. The van der Waals surface area contributed by atoms with Crippen molar-refractivity contribution in [3.05, 3.63) is 41.3 Å². The molecule has 0 unspecified atom stereocenters. The topological polar surface area (TPSA) is 84.0 Å². The summed E-state index contributed by atoms with van der Waals surface area (Å²) in [5.41, 5.74) is 1.81. The van der Waals surface area contributed by atoms with E-state index in [-0.39, 0.29) is 5.28 Å². The van der Waals surface area contributed by atoms with E-state index in [0.717, 1.165) is 11.8 Å². The molecule has 1 heterocycles. The summed E-state index contributed by atoms with van der Waals surface area (Å²) < 4.78 is 25.1. The lowest BCUT2D eigenvalue weighted by Gasteiger charge is -2.13. The number of aryl methyl sites for hydroxylation is 1. The van der Waals surface area contributed by atoms with E-state index in [0.29, 0.717) is 17.2 Å². The van der Waals surface area contributed by atoms with Crippen LogP contribution in [0.15, 0.2) is 30.5 Å². The van der Waals surface area contributed by atoms with Crippen LogP contribution in [0.2, 0.25) is 5.28 Å². The molecule has 106 valence electrons. The van der Waals surface area contributed by atoms with E-state index in [9.17, 15) is 8.42 Å². The average Bonchev–Trinajstić information content (AvgIpc) is 2.34. The van der Waals surface area contributed by atoms with Crippen LogP contribution < -0.4 is 10.0 Å². The molecular formula is C12H13ClN4O2S. The molecule has 0 radical (unpaired) electrons. The molecule has 6 nitrogen and oxygen atoms in total. The summed E-state index contributed by atoms with van der Waals surface area (Å²) in [7, 11) is -3.36. The number of hydrogen-bond acceptors (Lipinski definition) is 5. The monoisotopic (exact) mass is 312 g/mol. The Hall–Kier alpha value is -1.86. The number of nitrogens with zero attached hydrogens (tertiary/aromatic N) is 2. The summed E-state index contributed by atoms with van der Waals surface area (Å²) in [5.74, 6) is 0.521. The summed E-state index contributed by atoms with van der Waals surface area (Å²) in [5, 5.41) is 3.16. The van der Waals surface area contributed by atoms with E-state index in [1.54, 1.807) is 30.5 Å². The van der Waals surface area contributed by atoms with Gasteiger partial charge in [0.1, 0.15) is 5.82 Å². The highest BCUT2D eigenvalue weighted by Crippen LogP contribution is 2.26. The third-order valence-corrected chi connectivity index (χ3v) is 3.19. The first-order chi connectivity index (χ1) is 9.35. The second-order valence-corrected chi connectivity index (χ2v) is 6.30. The summed E-state index contributed by atoms with van der Waals surface area (Å²) >= 11 is 5.76. The van der Waals surface area contributed by atoms with Gasteiger partial charge in [0.15, 0.2) is 0 Å². The van der Waals surface area contributed by atoms with Crippen LogP contribution in [0.3, 0.4) is 0 Å². The molecule has 8 heteroatoms. The van der Waals surface area contributed by atoms with Crippen LogP contribution >= 0.6 is 11.6 Å². The number of nitrogens with one attached hydrogen (secondary N) is 2. The van der Waals surface area contributed by atoms with Crippen LogP contribution in [-0.4, -0.2) is 24.6 Å². The molecule has 2 N–H and O–H groups in total. The third kappa shape index (κ3) is 3.82. The van der Waals surface area contributed by atoms with Crippen molar-refractivity contribution in [2.24, 2.45) is 0 Å². The lowest BCUT2D eigenvalue weighted by molar-refractivity contribution is 0.607. The van der Waals surface area contributed by atoms with Crippen molar-refractivity contribution in [1.82, 2.24) is 9.97 Å². The van der Waals surface area contributed by atoms with Crippen molar-refractivity contribution in [2.45, 2.75) is 6.92 Å². The Kier molecular flexibility index (Phi) is 4.10. The molecule has 0 aliphatic heterocycles.